The Kier molecular flexibility index (Phi) is 6.82. The van der Waals surface area contributed by atoms with Crippen molar-refractivity contribution in [2.45, 2.75) is 9.79 Å². The number of thioether (sulfide) groups is 2. The second-order valence-corrected chi connectivity index (χ2v) is 7.52. The van der Waals surface area contributed by atoms with Crippen molar-refractivity contribution < 1.29 is 0 Å². The van der Waals surface area contributed by atoms with Crippen molar-refractivity contribution in [1.29, 1.82) is 0 Å². The number of hydrogen-bond donors (Lipinski definition) is 0. The number of hydrogen-bond acceptors (Lipinski definition) is 2. The van der Waals surface area contributed by atoms with E-state index in [4.69, 9.17) is 0 Å². The highest BCUT2D eigenvalue weighted by atomic mass is 32.2. The molecule has 0 N–H and O–H groups in total. The normalized spacial score (nSPS) is 11.5. The van der Waals surface area contributed by atoms with Crippen molar-refractivity contribution in [2.75, 3.05) is 12.5 Å². The van der Waals surface area contributed by atoms with E-state index in [1.165, 1.54) is 32.0 Å². The molecule has 0 aliphatic carbocycles. The van der Waals surface area contributed by atoms with Crippen molar-refractivity contribution in [1.82, 2.24) is 0 Å². The molecular formula is C24H22S2. The first-order valence-corrected chi connectivity index (χ1v) is 11.0. The van der Waals surface area contributed by atoms with Crippen LogP contribution in [0.25, 0.3) is 24.3 Å². The van der Waals surface area contributed by atoms with Gasteiger partial charge in [0.05, 0.1) is 0 Å². The van der Waals surface area contributed by atoms with Crippen LogP contribution >= 0.6 is 23.5 Å². The molecule has 3 aromatic rings. The van der Waals surface area contributed by atoms with Crippen molar-refractivity contribution in [3.05, 3.63) is 95.1 Å². The van der Waals surface area contributed by atoms with Gasteiger partial charge in [0.25, 0.3) is 0 Å². The molecule has 0 atom stereocenters. The Bertz CT molecular complexity index is 817. The second-order valence-electron chi connectivity index (χ2n) is 5.82. The van der Waals surface area contributed by atoms with Crippen molar-refractivity contribution in [2.24, 2.45) is 0 Å². The lowest BCUT2D eigenvalue weighted by Crippen LogP contribution is -1.86. The molecule has 3 rings (SSSR count). The zero-order valence-electron chi connectivity index (χ0n) is 15.1. The lowest BCUT2D eigenvalue weighted by atomic mass is 10.1. The third-order valence-corrected chi connectivity index (χ3v) is 5.68. The Balaban J connectivity index is 1.93. The Hall–Kier alpha value is -2.16. The molecular weight excluding hydrogens is 352 g/mol. The van der Waals surface area contributed by atoms with Gasteiger partial charge in [0.15, 0.2) is 0 Å². The minimum atomic E-state index is 1.22. The fraction of sp³-hybridized carbons (Fsp3) is 0.0833. The van der Waals surface area contributed by atoms with Crippen LogP contribution in [0.3, 0.4) is 0 Å². The van der Waals surface area contributed by atoms with Gasteiger partial charge in [-0.1, -0.05) is 85.0 Å². The molecule has 0 radical (unpaired) electrons. The first kappa shape index (κ1) is 18.6. The molecule has 0 saturated carbocycles. The van der Waals surface area contributed by atoms with Gasteiger partial charge in [0.1, 0.15) is 0 Å². The quantitative estimate of drug-likeness (QED) is 0.324. The van der Waals surface area contributed by atoms with Gasteiger partial charge in [-0.3, -0.25) is 0 Å². The Labute approximate surface area is 165 Å². The van der Waals surface area contributed by atoms with E-state index < -0.39 is 0 Å². The number of rotatable bonds is 6. The van der Waals surface area contributed by atoms with Crippen LogP contribution in [-0.2, 0) is 0 Å². The molecule has 0 nitrogen and oxygen atoms in total. The summed E-state index contributed by atoms with van der Waals surface area (Å²) in [6, 6.07) is 25.5. The standard InChI is InChI=1S/C24H22S2/c1-25-23-17-22(16-14-20-11-7-4-8-12-20)24(26-2)18-21(23)15-13-19-9-5-3-6-10-19/h3-18H,1-2H3/b15-13+,16-14+. The molecule has 0 spiro atoms. The van der Waals surface area contributed by atoms with Crippen LogP contribution in [0.2, 0.25) is 0 Å². The largest absolute Gasteiger partial charge is 0.129 e. The fourth-order valence-electron chi connectivity index (χ4n) is 2.71. The minimum absolute atomic E-state index is 1.22. The summed E-state index contributed by atoms with van der Waals surface area (Å²) in [7, 11) is 0. The third-order valence-electron chi connectivity index (χ3n) is 4.09. The van der Waals surface area contributed by atoms with E-state index in [1.807, 2.05) is 12.1 Å². The van der Waals surface area contributed by atoms with Gasteiger partial charge in [-0.25, -0.2) is 0 Å². The van der Waals surface area contributed by atoms with Gasteiger partial charge in [-0.05, 0) is 46.9 Å². The average molecular weight is 375 g/mol. The molecule has 0 unspecified atom stereocenters. The second kappa shape index (κ2) is 9.51. The highest BCUT2D eigenvalue weighted by Gasteiger charge is 2.06. The predicted molar refractivity (Wildman–Crippen MR) is 121 cm³/mol. The van der Waals surface area contributed by atoms with E-state index in [0.29, 0.717) is 0 Å². The zero-order chi connectivity index (χ0) is 18.2. The molecule has 0 bridgehead atoms. The van der Waals surface area contributed by atoms with Crippen molar-refractivity contribution in [3.63, 3.8) is 0 Å². The molecule has 0 heterocycles. The molecule has 0 aromatic heterocycles. The van der Waals surface area contributed by atoms with Gasteiger partial charge >= 0.3 is 0 Å². The number of benzene rings is 3. The molecule has 0 amide bonds. The van der Waals surface area contributed by atoms with Gasteiger partial charge in [-0.15, -0.1) is 23.5 Å². The predicted octanol–water partition coefficient (Wildman–Crippen LogP) is 7.47. The van der Waals surface area contributed by atoms with E-state index in [9.17, 15) is 0 Å². The molecule has 26 heavy (non-hydrogen) atoms. The van der Waals surface area contributed by atoms with Gasteiger partial charge in [0, 0.05) is 9.79 Å². The molecule has 0 aliphatic rings. The highest BCUT2D eigenvalue weighted by molar-refractivity contribution is 7.99. The summed E-state index contributed by atoms with van der Waals surface area (Å²) in [6.45, 7) is 0. The summed E-state index contributed by atoms with van der Waals surface area (Å²) in [6.07, 6.45) is 13.1. The van der Waals surface area contributed by atoms with E-state index in [1.54, 1.807) is 23.5 Å². The van der Waals surface area contributed by atoms with Crippen LogP contribution < -0.4 is 0 Å². The lowest BCUT2D eigenvalue weighted by molar-refractivity contribution is 1.31. The van der Waals surface area contributed by atoms with Gasteiger partial charge in [0.2, 0.25) is 0 Å². The Morgan fingerprint density at radius 1 is 0.538 bits per heavy atom. The maximum absolute atomic E-state index is 2.29. The average Bonchev–Trinajstić information content (AvgIpc) is 2.72. The van der Waals surface area contributed by atoms with E-state index in [-0.39, 0.29) is 0 Å². The molecule has 2 heteroatoms. The maximum Gasteiger partial charge on any atom is 0.0148 e. The van der Waals surface area contributed by atoms with E-state index >= 15 is 0 Å². The lowest BCUT2D eigenvalue weighted by Gasteiger charge is -2.10. The highest BCUT2D eigenvalue weighted by Crippen LogP contribution is 2.32. The molecule has 3 aromatic carbocycles. The topological polar surface area (TPSA) is 0 Å². The molecule has 130 valence electrons. The van der Waals surface area contributed by atoms with Crippen LogP contribution in [0.1, 0.15) is 22.3 Å². The van der Waals surface area contributed by atoms with E-state index in [2.05, 4.69) is 97.5 Å². The molecule has 0 aliphatic heterocycles. The zero-order valence-corrected chi connectivity index (χ0v) is 16.7. The maximum atomic E-state index is 2.29. The summed E-state index contributed by atoms with van der Waals surface area (Å²) < 4.78 is 0. The SMILES string of the molecule is CSc1cc(/C=C/c2ccccc2)c(SC)cc1/C=C/c1ccccc1. The van der Waals surface area contributed by atoms with Crippen molar-refractivity contribution in [3.8, 4) is 0 Å². The molecule has 0 fully saturated rings. The fourth-order valence-corrected chi connectivity index (χ4v) is 3.92. The van der Waals surface area contributed by atoms with E-state index in [0.717, 1.165) is 0 Å². The van der Waals surface area contributed by atoms with Gasteiger partial charge < -0.3 is 0 Å². The van der Waals surface area contributed by atoms with Crippen LogP contribution in [0.5, 0.6) is 0 Å². The Morgan fingerprint density at radius 2 is 0.923 bits per heavy atom. The smallest absolute Gasteiger partial charge is 0.0148 e. The first-order valence-electron chi connectivity index (χ1n) is 8.52. The Morgan fingerprint density at radius 3 is 1.27 bits per heavy atom. The first-order chi connectivity index (χ1) is 12.8. The van der Waals surface area contributed by atoms with Crippen molar-refractivity contribution >= 4 is 47.8 Å². The van der Waals surface area contributed by atoms with Crippen LogP contribution in [0.4, 0.5) is 0 Å². The summed E-state index contributed by atoms with van der Waals surface area (Å²) in [4.78, 5) is 2.59. The van der Waals surface area contributed by atoms with Crippen LogP contribution in [-0.4, -0.2) is 12.5 Å². The van der Waals surface area contributed by atoms with Crippen LogP contribution in [0.15, 0.2) is 82.6 Å². The summed E-state index contributed by atoms with van der Waals surface area (Å²) >= 11 is 3.58. The third kappa shape index (κ3) is 4.94. The summed E-state index contributed by atoms with van der Waals surface area (Å²) in [5, 5.41) is 0. The summed E-state index contributed by atoms with van der Waals surface area (Å²) in [5.41, 5.74) is 4.97. The molecule has 0 saturated heterocycles. The van der Waals surface area contributed by atoms with Gasteiger partial charge in [-0.2, -0.15) is 0 Å². The minimum Gasteiger partial charge on any atom is -0.129 e. The monoisotopic (exact) mass is 374 g/mol. The summed E-state index contributed by atoms with van der Waals surface area (Å²) in [5.74, 6) is 0. The van der Waals surface area contributed by atoms with Crippen LogP contribution in [0, 0.1) is 0 Å².